The number of carbonyl (C=O) groups is 1. The number of hydrogen-bond donors (Lipinski definition) is 1. The van der Waals surface area contributed by atoms with Crippen LogP contribution in [0.25, 0.3) is 11.0 Å². The van der Waals surface area contributed by atoms with Gasteiger partial charge < -0.3 is 4.98 Å². The quantitative estimate of drug-likeness (QED) is 0.849. The van der Waals surface area contributed by atoms with Crippen LogP contribution in [0.1, 0.15) is 67.8 Å². The maximum absolute atomic E-state index is 11.3. The molecule has 1 aliphatic rings. The van der Waals surface area contributed by atoms with E-state index in [0.717, 1.165) is 48.6 Å². The number of aromatic nitrogens is 2. The monoisotopic (exact) mass is 298 g/mol. The summed E-state index contributed by atoms with van der Waals surface area (Å²) in [6.45, 7) is 9.12. The van der Waals surface area contributed by atoms with Crippen molar-refractivity contribution in [1.82, 2.24) is 9.97 Å². The lowest BCUT2D eigenvalue weighted by atomic mass is 9.71. The first-order valence-corrected chi connectivity index (χ1v) is 8.42. The van der Waals surface area contributed by atoms with Gasteiger partial charge in [0.2, 0.25) is 0 Å². The Bertz CT molecular complexity index is 706. The van der Waals surface area contributed by atoms with Crippen molar-refractivity contribution in [2.75, 3.05) is 0 Å². The number of aldehydes is 1. The van der Waals surface area contributed by atoms with Crippen molar-refractivity contribution in [3.63, 3.8) is 0 Å². The topological polar surface area (TPSA) is 45.8 Å². The first-order chi connectivity index (χ1) is 10.4. The van der Waals surface area contributed by atoms with E-state index < -0.39 is 0 Å². The van der Waals surface area contributed by atoms with E-state index in [4.69, 9.17) is 4.98 Å². The fraction of sp³-hybridized carbons (Fsp3) is 0.579. The van der Waals surface area contributed by atoms with E-state index in [2.05, 4.69) is 38.7 Å². The summed E-state index contributed by atoms with van der Waals surface area (Å²) >= 11 is 0. The number of pyridine rings is 1. The first kappa shape index (κ1) is 15.3. The van der Waals surface area contributed by atoms with Crippen molar-refractivity contribution in [1.29, 1.82) is 0 Å². The summed E-state index contributed by atoms with van der Waals surface area (Å²) in [5.41, 5.74) is 6.77. The van der Waals surface area contributed by atoms with Crippen LogP contribution in [0.2, 0.25) is 0 Å². The fourth-order valence-electron chi connectivity index (χ4n) is 3.68. The van der Waals surface area contributed by atoms with Crippen molar-refractivity contribution in [3.05, 3.63) is 28.6 Å². The summed E-state index contributed by atoms with van der Waals surface area (Å²) in [6.07, 6.45) is 6.23. The van der Waals surface area contributed by atoms with Crippen LogP contribution >= 0.6 is 0 Å². The van der Waals surface area contributed by atoms with Crippen LogP contribution in [0.3, 0.4) is 0 Å². The molecule has 2 aromatic rings. The molecule has 2 aromatic heterocycles. The van der Waals surface area contributed by atoms with Gasteiger partial charge in [-0.15, -0.1) is 0 Å². The average molecular weight is 298 g/mol. The van der Waals surface area contributed by atoms with Gasteiger partial charge in [0.05, 0.1) is 16.7 Å². The molecule has 0 amide bonds. The number of rotatable bonds is 3. The lowest BCUT2D eigenvalue weighted by molar-refractivity contribution is 0.111. The molecule has 3 heteroatoms. The molecule has 1 N–H and O–H groups in total. The van der Waals surface area contributed by atoms with Gasteiger partial charge in [-0.05, 0) is 48.6 Å². The highest BCUT2D eigenvalue weighted by atomic mass is 16.1. The molecule has 3 nitrogen and oxygen atoms in total. The van der Waals surface area contributed by atoms with E-state index in [-0.39, 0.29) is 0 Å². The normalized spacial score (nSPS) is 18.5. The molecule has 0 saturated carbocycles. The van der Waals surface area contributed by atoms with E-state index in [1.165, 1.54) is 17.7 Å². The fourth-order valence-corrected chi connectivity index (χ4v) is 3.68. The molecule has 0 radical (unpaired) electrons. The van der Waals surface area contributed by atoms with E-state index in [9.17, 15) is 4.79 Å². The van der Waals surface area contributed by atoms with Gasteiger partial charge in [-0.2, -0.15) is 0 Å². The Labute approximate surface area is 132 Å². The lowest BCUT2D eigenvalue weighted by Crippen LogP contribution is -2.27. The molecule has 22 heavy (non-hydrogen) atoms. The van der Waals surface area contributed by atoms with Gasteiger partial charge in [0, 0.05) is 11.3 Å². The minimum Gasteiger partial charge on any atom is -0.351 e. The van der Waals surface area contributed by atoms with Gasteiger partial charge in [-0.25, -0.2) is 0 Å². The van der Waals surface area contributed by atoms with Crippen LogP contribution in [-0.4, -0.2) is 16.3 Å². The Morgan fingerprint density at radius 1 is 1.41 bits per heavy atom. The first-order valence-electron chi connectivity index (χ1n) is 8.42. The number of carbonyl (C=O) groups excluding carboxylic acids is 1. The van der Waals surface area contributed by atoms with Gasteiger partial charge >= 0.3 is 0 Å². The highest BCUT2D eigenvalue weighted by molar-refractivity contribution is 5.90. The van der Waals surface area contributed by atoms with Crippen LogP contribution in [0.4, 0.5) is 0 Å². The number of aryl methyl sites for hydroxylation is 2. The third-order valence-electron chi connectivity index (χ3n) is 5.11. The van der Waals surface area contributed by atoms with Crippen LogP contribution in [0.5, 0.6) is 0 Å². The third kappa shape index (κ3) is 2.57. The van der Waals surface area contributed by atoms with Crippen LogP contribution < -0.4 is 0 Å². The summed E-state index contributed by atoms with van der Waals surface area (Å²) in [4.78, 5) is 19.5. The Morgan fingerprint density at radius 2 is 2.18 bits per heavy atom. The standard InChI is InChI=1S/C19H26N2O/c1-5-6-14-17(11-22)20-16-10-12-9-13(19(2,3)4)7-8-15(12)21-18(14)16/h10-11,13,20H,5-9H2,1-4H3. The summed E-state index contributed by atoms with van der Waals surface area (Å²) in [7, 11) is 0. The molecule has 0 spiro atoms. The van der Waals surface area contributed by atoms with Crippen LogP contribution in [-0.2, 0) is 19.3 Å². The molecule has 1 unspecified atom stereocenters. The number of fused-ring (bicyclic) bond motifs is 2. The highest BCUT2D eigenvalue weighted by Crippen LogP contribution is 2.38. The van der Waals surface area contributed by atoms with Crippen molar-refractivity contribution in [2.24, 2.45) is 11.3 Å². The number of H-pyrrole nitrogens is 1. The molecule has 118 valence electrons. The highest BCUT2D eigenvalue weighted by Gasteiger charge is 2.29. The molecular weight excluding hydrogens is 272 g/mol. The number of nitrogens with one attached hydrogen (secondary N) is 1. The molecule has 0 fully saturated rings. The zero-order chi connectivity index (χ0) is 15.9. The Kier molecular flexibility index (Phi) is 3.84. The van der Waals surface area contributed by atoms with Crippen molar-refractivity contribution in [3.8, 4) is 0 Å². The van der Waals surface area contributed by atoms with Gasteiger partial charge in [-0.1, -0.05) is 34.1 Å². The molecular formula is C19H26N2O. The average Bonchev–Trinajstić information content (AvgIpc) is 2.81. The Morgan fingerprint density at radius 3 is 2.82 bits per heavy atom. The van der Waals surface area contributed by atoms with Gasteiger partial charge in [0.1, 0.15) is 0 Å². The number of nitrogens with zero attached hydrogens (tertiary/aromatic N) is 1. The molecule has 2 heterocycles. The van der Waals surface area contributed by atoms with Crippen molar-refractivity contribution >= 4 is 17.3 Å². The maximum Gasteiger partial charge on any atom is 0.166 e. The van der Waals surface area contributed by atoms with Gasteiger partial charge in [-0.3, -0.25) is 9.78 Å². The molecule has 3 rings (SSSR count). The second kappa shape index (κ2) is 5.53. The van der Waals surface area contributed by atoms with Crippen molar-refractivity contribution in [2.45, 2.75) is 59.8 Å². The third-order valence-corrected chi connectivity index (χ3v) is 5.11. The van der Waals surface area contributed by atoms with E-state index in [0.29, 0.717) is 17.0 Å². The van der Waals surface area contributed by atoms with Crippen LogP contribution in [0, 0.1) is 11.3 Å². The second-order valence-electron chi connectivity index (χ2n) is 7.68. The zero-order valence-corrected chi connectivity index (χ0v) is 14.1. The molecule has 1 aliphatic carbocycles. The summed E-state index contributed by atoms with van der Waals surface area (Å²) in [5, 5.41) is 0. The van der Waals surface area contributed by atoms with E-state index in [1.54, 1.807) is 0 Å². The summed E-state index contributed by atoms with van der Waals surface area (Å²) in [6, 6.07) is 2.24. The minimum absolute atomic E-state index is 0.337. The second-order valence-corrected chi connectivity index (χ2v) is 7.68. The summed E-state index contributed by atoms with van der Waals surface area (Å²) < 4.78 is 0. The van der Waals surface area contributed by atoms with Gasteiger partial charge in [0.15, 0.2) is 6.29 Å². The van der Waals surface area contributed by atoms with E-state index >= 15 is 0 Å². The summed E-state index contributed by atoms with van der Waals surface area (Å²) in [5.74, 6) is 0.704. The molecule has 0 aliphatic heterocycles. The Balaban J connectivity index is 2.06. The van der Waals surface area contributed by atoms with E-state index in [1.807, 2.05) is 0 Å². The molecule has 0 saturated heterocycles. The Hall–Kier alpha value is -1.64. The van der Waals surface area contributed by atoms with Crippen molar-refractivity contribution < 1.29 is 4.79 Å². The molecule has 1 atom stereocenters. The SMILES string of the molecule is CCCc1c(C=O)[nH]c2cc3c(nc12)CCC(C(C)(C)C)C3. The minimum atomic E-state index is 0.337. The lowest BCUT2D eigenvalue weighted by Gasteiger charge is -2.34. The smallest absolute Gasteiger partial charge is 0.166 e. The number of hydrogen-bond acceptors (Lipinski definition) is 2. The molecule has 0 aromatic carbocycles. The predicted octanol–water partition coefficient (Wildman–Crippen LogP) is 4.48. The maximum atomic E-state index is 11.3. The van der Waals surface area contributed by atoms with Crippen LogP contribution in [0.15, 0.2) is 6.07 Å². The largest absolute Gasteiger partial charge is 0.351 e. The zero-order valence-electron chi connectivity index (χ0n) is 14.1. The predicted molar refractivity (Wildman–Crippen MR) is 90.4 cm³/mol. The number of aromatic amines is 1. The van der Waals surface area contributed by atoms with Gasteiger partial charge in [0.25, 0.3) is 0 Å². The molecule has 0 bridgehead atoms.